The fourth-order valence-corrected chi connectivity index (χ4v) is 5.10. The molecule has 6 atom stereocenters. The third kappa shape index (κ3) is 1.63. The minimum absolute atomic E-state index is 0.162. The molecule has 0 aromatic carbocycles. The summed E-state index contributed by atoms with van der Waals surface area (Å²) in [5.41, 5.74) is 0. The van der Waals surface area contributed by atoms with Gasteiger partial charge in [0, 0.05) is 0 Å². The van der Waals surface area contributed by atoms with Gasteiger partial charge >= 0.3 is 5.97 Å². The monoisotopic (exact) mass is 234 g/mol. The normalized spacial score (nSPS) is 51.1. The van der Waals surface area contributed by atoms with Gasteiger partial charge in [-0.2, -0.15) is 0 Å². The molecule has 4 saturated carbocycles. The molecule has 0 unspecified atom stereocenters. The van der Waals surface area contributed by atoms with E-state index in [1.165, 1.54) is 38.5 Å². The third-order valence-corrected chi connectivity index (χ3v) is 5.98. The quantitative estimate of drug-likeness (QED) is 0.686. The molecule has 0 radical (unpaired) electrons. The first-order valence-electron chi connectivity index (χ1n) is 7.50. The highest BCUT2D eigenvalue weighted by Gasteiger charge is 2.47. The van der Waals surface area contributed by atoms with Crippen molar-refractivity contribution in [2.75, 3.05) is 0 Å². The van der Waals surface area contributed by atoms with Crippen molar-refractivity contribution in [3.63, 3.8) is 0 Å². The average molecular weight is 234 g/mol. The van der Waals surface area contributed by atoms with E-state index in [0.717, 1.165) is 24.7 Å². The Morgan fingerprint density at radius 2 is 1.53 bits per heavy atom. The fraction of sp³-hybridized carbons (Fsp3) is 0.933. The SMILES string of the molecule is O=C(O[C@@H]1C[C@@H]2CC[C@@H]1C2)[C@H]1C[C@H]2CC[C@H]1C2. The van der Waals surface area contributed by atoms with Gasteiger partial charge in [0.2, 0.25) is 0 Å². The molecule has 0 aromatic rings. The van der Waals surface area contributed by atoms with Crippen molar-refractivity contribution in [2.45, 2.75) is 57.5 Å². The van der Waals surface area contributed by atoms with Crippen LogP contribution in [0, 0.1) is 29.6 Å². The van der Waals surface area contributed by atoms with Gasteiger partial charge in [-0.3, -0.25) is 4.79 Å². The van der Waals surface area contributed by atoms with E-state index in [1.54, 1.807) is 0 Å². The van der Waals surface area contributed by atoms with Gasteiger partial charge in [0.1, 0.15) is 6.10 Å². The summed E-state index contributed by atoms with van der Waals surface area (Å²) in [6.45, 7) is 0. The molecule has 4 rings (SSSR count). The lowest BCUT2D eigenvalue weighted by molar-refractivity contribution is -0.158. The number of hydrogen-bond acceptors (Lipinski definition) is 2. The molecule has 94 valence electrons. The maximum Gasteiger partial charge on any atom is 0.309 e. The highest BCUT2D eigenvalue weighted by atomic mass is 16.5. The largest absolute Gasteiger partial charge is 0.462 e. The first-order valence-corrected chi connectivity index (χ1v) is 7.50. The molecule has 4 bridgehead atoms. The van der Waals surface area contributed by atoms with Crippen molar-refractivity contribution in [3.8, 4) is 0 Å². The van der Waals surface area contributed by atoms with Crippen molar-refractivity contribution < 1.29 is 9.53 Å². The number of fused-ring (bicyclic) bond motifs is 4. The predicted molar refractivity (Wildman–Crippen MR) is 64.3 cm³/mol. The molecule has 4 aliphatic rings. The molecule has 0 saturated heterocycles. The van der Waals surface area contributed by atoms with Crippen LogP contribution in [-0.2, 0) is 9.53 Å². The standard InChI is InChI=1S/C15H22O2/c16-15(13-7-9-1-3-11(13)5-9)17-14-8-10-2-4-12(14)6-10/h9-14H,1-8H2/t9-,10+,11-,12+,13-,14+/m0/s1. The van der Waals surface area contributed by atoms with Gasteiger partial charge in [0.05, 0.1) is 5.92 Å². The zero-order valence-electron chi connectivity index (χ0n) is 10.4. The van der Waals surface area contributed by atoms with E-state index >= 15 is 0 Å². The molecule has 2 heteroatoms. The van der Waals surface area contributed by atoms with Crippen LogP contribution in [0.25, 0.3) is 0 Å². The van der Waals surface area contributed by atoms with Crippen LogP contribution in [0.4, 0.5) is 0 Å². The van der Waals surface area contributed by atoms with Crippen molar-refractivity contribution in [2.24, 2.45) is 29.6 Å². The second kappa shape index (κ2) is 3.73. The minimum atomic E-state index is 0.162. The second-order valence-electron chi connectivity index (χ2n) is 6.93. The van der Waals surface area contributed by atoms with Crippen molar-refractivity contribution in [1.82, 2.24) is 0 Å². The van der Waals surface area contributed by atoms with E-state index in [1.807, 2.05) is 0 Å². The highest BCUT2D eigenvalue weighted by molar-refractivity contribution is 5.73. The molecule has 4 aliphatic carbocycles. The Kier molecular flexibility index (Phi) is 2.28. The highest BCUT2D eigenvalue weighted by Crippen LogP contribution is 2.50. The molecule has 4 fully saturated rings. The van der Waals surface area contributed by atoms with Gasteiger partial charge in [-0.15, -0.1) is 0 Å². The molecule has 0 heterocycles. The van der Waals surface area contributed by atoms with E-state index in [0.29, 0.717) is 17.9 Å². The molecule has 0 amide bonds. The van der Waals surface area contributed by atoms with Gasteiger partial charge in [-0.25, -0.2) is 0 Å². The number of ether oxygens (including phenoxy) is 1. The first-order chi connectivity index (χ1) is 8.29. The first kappa shape index (κ1) is 10.4. The van der Waals surface area contributed by atoms with Gasteiger partial charge < -0.3 is 4.74 Å². The lowest BCUT2D eigenvalue weighted by Crippen LogP contribution is -2.30. The summed E-state index contributed by atoms with van der Waals surface area (Å²) in [7, 11) is 0. The zero-order valence-corrected chi connectivity index (χ0v) is 10.4. The zero-order chi connectivity index (χ0) is 11.4. The van der Waals surface area contributed by atoms with Crippen LogP contribution in [0.3, 0.4) is 0 Å². The summed E-state index contributed by atoms with van der Waals surface area (Å²) in [6.07, 6.45) is 10.5. The van der Waals surface area contributed by atoms with Gasteiger partial charge in [0.15, 0.2) is 0 Å². The number of carbonyl (C=O) groups is 1. The maximum atomic E-state index is 12.2. The van der Waals surface area contributed by atoms with Crippen LogP contribution in [0.1, 0.15) is 51.4 Å². The second-order valence-corrected chi connectivity index (χ2v) is 6.93. The number of hydrogen-bond donors (Lipinski definition) is 0. The summed E-state index contributed by atoms with van der Waals surface area (Å²) in [5, 5.41) is 0. The van der Waals surface area contributed by atoms with Crippen LogP contribution in [0.2, 0.25) is 0 Å². The maximum absolute atomic E-state index is 12.2. The fourth-order valence-electron chi connectivity index (χ4n) is 5.10. The molecule has 0 aliphatic heterocycles. The van der Waals surface area contributed by atoms with Crippen LogP contribution < -0.4 is 0 Å². The van der Waals surface area contributed by atoms with Crippen LogP contribution >= 0.6 is 0 Å². The molecule has 0 spiro atoms. The van der Waals surface area contributed by atoms with Crippen LogP contribution in [0.15, 0.2) is 0 Å². The van der Waals surface area contributed by atoms with Crippen molar-refractivity contribution >= 4 is 5.97 Å². The molecular formula is C15H22O2. The Morgan fingerprint density at radius 1 is 0.824 bits per heavy atom. The Balaban J connectivity index is 1.38. The summed E-state index contributed by atoms with van der Waals surface area (Å²) in [5.74, 6) is 3.53. The Hall–Kier alpha value is -0.530. The summed E-state index contributed by atoms with van der Waals surface area (Å²) in [6, 6.07) is 0. The van der Waals surface area contributed by atoms with E-state index in [-0.39, 0.29) is 11.9 Å². The van der Waals surface area contributed by atoms with E-state index in [2.05, 4.69) is 0 Å². The van der Waals surface area contributed by atoms with Crippen LogP contribution in [0.5, 0.6) is 0 Å². The molecular weight excluding hydrogens is 212 g/mol. The number of carbonyl (C=O) groups excluding carboxylic acids is 1. The molecule has 0 aromatic heterocycles. The topological polar surface area (TPSA) is 26.3 Å². The molecule has 17 heavy (non-hydrogen) atoms. The number of esters is 1. The minimum Gasteiger partial charge on any atom is -0.462 e. The lowest BCUT2D eigenvalue weighted by atomic mass is 9.89. The Labute approximate surface area is 103 Å². The molecule has 0 N–H and O–H groups in total. The number of rotatable bonds is 2. The van der Waals surface area contributed by atoms with E-state index in [4.69, 9.17) is 4.74 Å². The smallest absolute Gasteiger partial charge is 0.309 e. The van der Waals surface area contributed by atoms with Crippen LogP contribution in [-0.4, -0.2) is 12.1 Å². The Bertz CT molecular complexity index is 338. The van der Waals surface area contributed by atoms with Gasteiger partial charge in [-0.1, -0.05) is 6.42 Å². The lowest BCUT2D eigenvalue weighted by Gasteiger charge is -2.26. The third-order valence-electron chi connectivity index (χ3n) is 5.98. The molecule has 2 nitrogen and oxygen atoms in total. The summed E-state index contributed by atoms with van der Waals surface area (Å²) < 4.78 is 5.84. The van der Waals surface area contributed by atoms with Gasteiger partial charge in [-0.05, 0) is 68.6 Å². The Morgan fingerprint density at radius 3 is 2.06 bits per heavy atom. The van der Waals surface area contributed by atoms with Crippen molar-refractivity contribution in [1.29, 1.82) is 0 Å². The predicted octanol–water partition coefficient (Wildman–Crippen LogP) is 3.15. The van der Waals surface area contributed by atoms with Crippen molar-refractivity contribution in [3.05, 3.63) is 0 Å². The summed E-state index contributed by atoms with van der Waals surface area (Å²) in [4.78, 5) is 12.2. The van der Waals surface area contributed by atoms with E-state index < -0.39 is 0 Å². The average Bonchev–Trinajstić information content (AvgIpc) is 3.08. The summed E-state index contributed by atoms with van der Waals surface area (Å²) >= 11 is 0. The van der Waals surface area contributed by atoms with Gasteiger partial charge in [0.25, 0.3) is 0 Å². The van der Waals surface area contributed by atoms with E-state index in [9.17, 15) is 4.79 Å².